The molecule has 0 aromatic carbocycles. The van der Waals surface area contributed by atoms with Gasteiger partial charge in [-0.25, -0.2) is 0 Å². The fourth-order valence-corrected chi connectivity index (χ4v) is 12.6. The summed E-state index contributed by atoms with van der Waals surface area (Å²) in [6.07, 6.45) is -3.35. The zero-order chi connectivity index (χ0) is 67.5. The van der Waals surface area contributed by atoms with Crippen molar-refractivity contribution in [3.8, 4) is 0 Å². The second-order valence-electron chi connectivity index (χ2n) is 26.4. The minimum atomic E-state index is -2.10. The third-order valence-corrected chi connectivity index (χ3v) is 18.6. The van der Waals surface area contributed by atoms with Crippen molar-refractivity contribution < 1.29 is 119 Å². The average molecular weight is 1330 g/mol. The Kier molecular flexibility index (Phi) is 41.6. The first kappa shape index (κ1) is 82.5. The second kappa shape index (κ2) is 46.4. The third-order valence-electron chi connectivity index (χ3n) is 18.6. The Hall–Kier alpha value is -1.94. The van der Waals surface area contributed by atoms with Crippen LogP contribution in [0.5, 0.6) is 0 Å². The molecule has 0 aromatic heterocycles. The van der Waals surface area contributed by atoms with E-state index in [0.29, 0.717) is 12.8 Å². The van der Waals surface area contributed by atoms with Crippen LogP contribution < -0.4 is 10.6 Å². The zero-order valence-electron chi connectivity index (χ0n) is 55.7. The quantitative estimate of drug-likeness (QED) is 0.0389. The molecule has 4 aliphatic heterocycles. The van der Waals surface area contributed by atoms with Gasteiger partial charge in [-0.2, -0.15) is 0 Å². The molecule has 4 fully saturated rings. The standard InChI is InChI=1S/C66H124N2O24/c1-5-7-9-11-13-15-17-19-20-21-22-24-26-28-30-32-34-36-45(73)62(84)68-43(51(75)44(72)35-33-31-29-27-25-23-18-16-14-12-10-8-6-2)39-85-66-61(57(81)52(76)46(37-69)89-66)92-65-59(83)56(80)53(77)48(90-65)40-86-63-49(67-42(4)71)60(54(78)47(38-70)88-63)91-64-58(82)55(79)50(74)41(3)87-64/h41,43-61,63-66,69-70,72-83H,5-40H2,1-4H3,(H,67,71)(H,68,84). The summed E-state index contributed by atoms with van der Waals surface area (Å²) < 4.78 is 47.1. The van der Waals surface area contributed by atoms with Crippen LogP contribution in [0.3, 0.4) is 0 Å². The summed E-state index contributed by atoms with van der Waals surface area (Å²) in [7, 11) is 0. The topological polar surface area (TPSA) is 415 Å². The predicted octanol–water partition coefficient (Wildman–Crippen LogP) is 2.54. The number of aliphatic hydroxyl groups is 14. The molecule has 24 atom stereocenters. The lowest BCUT2D eigenvalue weighted by Gasteiger charge is -2.48. The fraction of sp³-hybridized carbons (Fsp3) is 0.970. The molecule has 0 spiro atoms. The lowest BCUT2D eigenvalue weighted by Crippen LogP contribution is -2.68. The highest BCUT2D eigenvalue weighted by molar-refractivity contribution is 5.80. The van der Waals surface area contributed by atoms with E-state index in [-0.39, 0.29) is 12.8 Å². The Morgan fingerprint density at radius 2 is 0.837 bits per heavy atom. The molecule has 0 aliphatic carbocycles. The summed E-state index contributed by atoms with van der Waals surface area (Å²) in [4.78, 5) is 26.3. The van der Waals surface area contributed by atoms with E-state index in [0.717, 1.165) is 64.7 Å². The number of amides is 2. The third kappa shape index (κ3) is 28.1. The summed E-state index contributed by atoms with van der Waals surface area (Å²) in [5.74, 6) is -1.55. The van der Waals surface area contributed by atoms with Gasteiger partial charge in [0.05, 0.1) is 44.7 Å². The summed E-state index contributed by atoms with van der Waals surface area (Å²) in [5.41, 5.74) is 0. The van der Waals surface area contributed by atoms with Crippen LogP contribution in [-0.2, 0) is 47.5 Å². The van der Waals surface area contributed by atoms with Crippen molar-refractivity contribution in [3.63, 3.8) is 0 Å². The minimum absolute atomic E-state index is 0.124. The Morgan fingerprint density at radius 3 is 1.32 bits per heavy atom. The first-order chi connectivity index (χ1) is 44.2. The molecule has 26 heteroatoms. The van der Waals surface area contributed by atoms with Crippen molar-refractivity contribution in [2.75, 3.05) is 26.4 Å². The molecule has 4 heterocycles. The van der Waals surface area contributed by atoms with Crippen molar-refractivity contribution in [2.24, 2.45) is 0 Å². The van der Waals surface area contributed by atoms with Crippen LogP contribution in [0.1, 0.15) is 233 Å². The second-order valence-corrected chi connectivity index (χ2v) is 26.4. The number of hydrogen-bond donors (Lipinski definition) is 16. The molecule has 4 rings (SSSR count). The minimum Gasteiger partial charge on any atom is -0.394 e. The first-order valence-corrected chi connectivity index (χ1v) is 35.3. The summed E-state index contributed by atoms with van der Waals surface area (Å²) in [6, 6.07) is -2.93. The maximum Gasteiger partial charge on any atom is 0.249 e. The van der Waals surface area contributed by atoms with Gasteiger partial charge in [0, 0.05) is 6.92 Å². The maximum absolute atomic E-state index is 13.7. The Balaban J connectivity index is 1.41. The van der Waals surface area contributed by atoms with Crippen LogP contribution in [0.15, 0.2) is 0 Å². The average Bonchev–Trinajstić information content (AvgIpc) is 0.810. The summed E-state index contributed by atoms with van der Waals surface area (Å²) in [5, 5.41) is 159. The van der Waals surface area contributed by atoms with E-state index in [1.54, 1.807) is 0 Å². The van der Waals surface area contributed by atoms with E-state index < -0.39 is 185 Å². The van der Waals surface area contributed by atoms with E-state index in [2.05, 4.69) is 24.5 Å². The van der Waals surface area contributed by atoms with Gasteiger partial charge in [0.15, 0.2) is 25.2 Å². The summed E-state index contributed by atoms with van der Waals surface area (Å²) >= 11 is 0. The van der Waals surface area contributed by atoms with E-state index in [9.17, 15) is 81.1 Å². The van der Waals surface area contributed by atoms with Gasteiger partial charge in [-0.05, 0) is 19.8 Å². The molecule has 26 nitrogen and oxygen atoms in total. The van der Waals surface area contributed by atoms with Crippen molar-refractivity contribution in [1.29, 1.82) is 0 Å². The van der Waals surface area contributed by atoms with E-state index in [1.165, 1.54) is 129 Å². The molecule has 0 aromatic rings. The molecule has 4 aliphatic rings. The Labute approximate surface area is 546 Å². The van der Waals surface area contributed by atoms with Gasteiger partial charge >= 0.3 is 0 Å². The van der Waals surface area contributed by atoms with Crippen LogP contribution in [-0.4, -0.2) is 257 Å². The highest BCUT2D eigenvalue weighted by atomic mass is 16.8. The molecule has 0 radical (unpaired) electrons. The lowest BCUT2D eigenvalue weighted by molar-refractivity contribution is -0.373. The normalized spacial score (nSPS) is 33.3. The molecule has 4 saturated heterocycles. The molecular formula is C66H124N2O24. The molecule has 24 unspecified atom stereocenters. The summed E-state index contributed by atoms with van der Waals surface area (Å²) in [6.45, 7) is 3.78. The first-order valence-electron chi connectivity index (χ1n) is 35.3. The smallest absolute Gasteiger partial charge is 0.249 e. The van der Waals surface area contributed by atoms with Crippen LogP contribution >= 0.6 is 0 Å². The molecule has 16 N–H and O–H groups in total. The van der Waals surface area contributed by atoms with Crippen molar-refractivity contribution in [2.45, 2.75) is 380 Å². The van der Waals surface area contributed by atoms with Crippen molar-refractivity contribution in [3.05, 3.63) is 0 Å². The van der Waals surface area contributed by atoms with Gasteiger partial charge < -0.3 is 120 Å². The SMILES string of the molecule is CCCCCCCCCCCCCCCCCCCC(O)C(=O)NC(COC1OC(CO)C(O)C(O)C1OC1OC(COC2OC(CO)C(O)C(OC3OC(C)C(O)C(O)C3O)C2NC(C)=O)C(O)C(O)C1O)C(O)C(O)CCCCCCCCCCCCCCC. The fourth-order valence-electron chi connectivity index (χ4n) is 12.6. The zero-order valence-corrected chi connectivity index (χ0v) is 55.7. The number of carbonyl (C=O) groups excluding carboxylic acids is 2. The van der Waals surface area contributed by atoms with Crippen molar-refractivity contribution in [1.82, 2.24) is 10.6 Å². The number of rotatable bonds is 49. The monoisotopic (exact) mass is 1330 g/mol. The molecule has 0 saturated carbocycles. The predicted molar refractivity (Wildman–Crippen MR) is 337 cm³/mol. The van der Waals surface area contributed by atoms with Gasteiger partial charge in [-0.1, -0.05) is 206 Å². The van der Waals surface area contributed by atoms with E-state index >= 15 is 0 Å². The molecule has 542 valence electrons. The number of unbranched alkanes of at least 4 members (excludes halogenated alkanes) is 28. The number of ether oxygens (including phenoxy) is 8. The van der Waals surface area contributed by atoms with Gasteiger partial charge in [0.2, 0.25) is 11.8 Å². The molecule has 2 amide bonds. The van der Waals surface area contributed by atoms with Gasteiger partial charge in [0.1, 0.15) is 104 Å². The highest BCUT2D eigenvalue weighted by Gasteiger charge is 2.54. The highest BCUT2D eigenvalue weighted by Crippen LogP contribution is 2.34. The van der Waals surface area contributed by atoms with Gasteiger partial charge in [0.25, 0.3) is 0 Å². The number of aliphatic hydroxyl groups excluding tert-OH is 14. The van der Waals surface area contributed by atoms with Crippen LogP contribution in [0.2, 0.25) is 0 Å². The van der Waals surface area contributed by atoms with Crippen LogP contribution in [0.25, 0.3) is 0 Å². The number of carbonyl (C=O) groups is 2. The van der Waals surface area contributed by atoms with E-state index in [4.69, 9.17) is 37.9 Å². The lowest BCUT2D eigenvalue weighted by atomic mass is 9.95. The van der Waals surface area contributed by atoms with Crippen LogP contribution in [0, 0.1) is 0 Å². The number of hydrogen-bond acceptors (Lipinski definition) is 24. The Morgan fingerprint density at radius 1 is 0.435 bits per heavy atom. The molecule has 92 heavy (non-hydrogen) atoms. The Bertz CT molecular complexity index is 1910. The maximum atomic E-state index is 13.7. The van der Waals surface area contributed by atoms with Gasteiger partial charge in [-0.3, -0.25) is 9.59 Å². The van der Waals surface area contributed by atoms with E-state index in [1.807, 2.05) is 0 Å². The molecule has 0 bridgehead atoms. The van der Waals surface area contributed by atoms with Gasteiger partial charge in [-0.15, -0.1) is 0 Å². The van der Waals surface area contributed by atoms with Crippen molar-refractivity contribution >= 4 is 11.8 Å². The largest absolute Gasteiger partial charge is 0.394 e. The van der Waals surface area contributed by atoms with Crippen LogP contribution in [0.4, 0.5) is 0 Å². The molecular weight excluding hydrogens is 1200 g/mol. The number of nitrogens with one attached hydrogen (secondary N) is 2.